The molecule has 1 aromatic heterocycles. The van der Waals surface area contributed by atoms with Crippen molar-refractivity contribution in [3.8, 4) is 0 Å². The summed E-state index contributed by atoms with van der Waals surface area (Å²) < 4.78 is 1.36. The lowest BCUT2D eigenvalue weighted by molar-refractivity contribution is 0.111. The van der Waals surface area contributed by atoms with Gasteiger partial charge in [0.25, 0.3) is 0 Å². The smallest absolute Gasteiger partial charge is 0.168 e. The molecule has 0 aromatic carbocycles. The zero-order valence-corrected chi connectivity index (χ0v) is 7.69. The van der Waals surface area contributed by atoms with E-state index < -0.39 is 0 Å². The van der Waals surface area contributed by atoms with Crippen molar-refractivity contribution in [1.82, 2.24) is 4.57 Å². The Morgan fingerprint density at radius 1 is 1.25 bits per heavy atom. The summed E-state index contributed by atoms with van der Waals surface area (Å²) in [5.74, 6) is 0. The monoisotopic (exact) mass is 205 g/mol. The Kier molecular flexibility index (Phi) is 2.55. The molecule has 0 unspecified atom stereocenters. The van der Waals surface area contributed by atoms with Gasteiger partial charge in [-0.1, -0.05) is 23.2 Å². The lowest BCUT2D eigenvalue weighted by Gasteiger charge is -1.94. The highest BCUT2D eigenvalue weighted by atomic mass is 35.5. The molecule has 64 valence electrons. The van der Waals surface area contributed by atoms with Crippen LogP contribution in [0, 0.1) is 0 Å². The first-order valence-electron chi connectivity index (χ1n) is 3.07. The number of aromatic nitrogens is 1. The van der Waals surface area contributed by atoms with Gasteiger partial charge in [0.1, 0.15) is 10.8 Å². The average molecular weight is 206 g/mol. The maximum absolute atomic E-state index is 10.4. The molecule has 12 heavy (non-hydrogen) atoms. The Morgan fingerprint density at radius 3 is 2.08 bits per heavy atom. The second kappa shape index (κ2) is 3.29. The molecular formula is C7H5Cl2NO2. The van der Waals surface area contributed by atoms with E-state index in [4.69, 9.17) is 23.2 Å². The third-order valence-electron chi connectivity index (χ3n) is 1.57. The molecule has 1 rings (SSSR count). The molecule has 0 N–H and O–H groups in total. The van der Waals surface area contributed by atoms with Crippen LogP contribution in [0.2, 0.25) is 10.2 Å². The van der Waals surface area contributed by atoms with Crippen molar-refractivity contribution in [3.63, 3.8) is 0 Å². The third kappa shape index (κ3) is 1.15. The van der Waals surface area contributed by atoms with Gasteiger partial charge in [0, 0.05) is 7.05 Å². The van der Waals surface area contributed by atoms with E-state index in [1.54, 1.807) is 7.05 Å². The Hall–Kier alpha value is -0.800. The van der Waals surface area contributed by atoms with E-state index in [9.17, 15) is 9.59 Å². The van der Waals surface area contributed by atoms with Gasteiger partial charge < -0.3 is 4.57 Å². The van der Waals surface area contributed by atoms with Gasteiger partial charge in [0.15, 0.2) is 12.6 Å². The van der Waals surface area contributed by atoms with Gasteiger partial charge >= 0.3 is 0 Å². The summed E-state index contributed by atoms with van der Waals surface area (Å²) in [4.78, 5) is 20.9. The van der Waals surface area contributed by atoms with Crippen molar-refractivity contribution in [2.45, 2.75) is 0 Å². The summed E-state index contributed by atoms with van der Waals surface area (Å²) in [7, 11) is 1.56. The van der Waals surface area contributed by atoms with Gasteiger partial charge in [0.2, 0.25) is 0 Å². The van der Waals surface area contributed by atoms with Crippen LogP contribution in [0.1, 0.15) is 20.8 Å². The number of rotatable bonds is 2. The predicted octanol–water partition coefficient (Wildman–Crippen LogP) is 1.96. The second-order valence-electron chi connectivity index (χ2n) is 2.20. The molecule has 0 amide bonds. The average Bonchev–Trinajstić information content (AvgIpc) is 2.25. The quantitative estimate of drug-likeness (QED) is 0.693. The van der Waals surface area contributed by atoms with Crippen LogP contribution in [0.3, 0.4) is 0 Å². The summed E-state index contributed by atoms with van der Waals surface area (Å²) in [5, 5.41) is 0.282. The summed E-state index contributed by atoms with van der Waals surface area (Å²) in [6, 6.07) is 0. The number of carbonyl (C=O) groups excluding carboxylic acids is 2. The van der Waals surface area contributed by atoms with E-state index in [-0.39, 0.29) is 21.4 Å². The molecule has 0 bridgehead atoms. The SMILES string of the molecule is Cn1c(Cl)c(C=O)c(Cl)c1C=O. The molecule has 3 nitrogen and oxygen atoms in total. The van der Waals surface area contributed by atoms with Crippen LogP contribution in [-0.2, 0) is 7.05 Å². The lowest BCUT2D eigenvalue weighted by atomic mass is 10.3. The normalized spacial score (nSPS) is 9.92. The van der Waals surface area contributed by atoms with E-state index in [0.29, 0.717) is 12.6 Å². The number of hydrogen-bond donors (Lipinski definition) is 0. The molecular weight excluding hydrogens is 201 g/mol. The molecule has 0 fully saturated rings. The fraction of sp³-hybridized carbons (Fsp3) is 0.143. The molecule has 1 heterocycles. The van der Waals surface area contributed by atoms with E-state index >= 15 is 0 Å². The zero-order valence-electron chi connectivity index (χ0n) is 6.17. The molecule has 0 saturated heterocycles. The summed E-state index contributed by atoms with van der Waals surface area (Å²) >= 11 is 11.4. The van der Waals surface area contributed by atoms with Crippen molar-refractivity contribution in [2.24, 2.45) is 7.05 Å². The van der Waals surface area contributed by atoms with Crippen LogP contribution < -0.4 is 0 Å². The van der Waals surface area contributed by atoms with Gasteiger partial charge in [-0.15, -0.1) is 0 Å². The zero-order chi connectivity index (χ0) is 9.30. The van der Waals surface area contributed by atoms with E-state index in [1.807, 2.05) is 0 Å². The molecule has 0 radical (unpaired) electrons. The van der Waals surface area contributed by atoms with Crippen LogP contribution >= 0.6 is 23.2 Å². The van der Waals surface area contributed by atoms with Gasteiger partial charge in [0.05, 0.1) is 10.6 Å². The molecule has 1 aromatic rings. The lowest BCUT2D eigenvalue weighted by Crippen LogP contribution is -1.93. The summed E-state index contributed by atoms with van der Waals surface area (Å²) in [5.41, 5.74) is 0.367. The van der Waals surface area contributed by atoms with E-state index in [2.05, 4.69) is 0 Å². The highest BCUT2D eigenvalue weighted by molar-refractivity contribution is 6.40. The summed E-state index contributed by atoms with van der Waals surface area (Å²) in [6.07, 6.45) is 1.08. The standard InChI is InChI=1S/C7H5Cl2NO2/c1-10-5(3-12)6(8)4(2-11)7(10)9/h2-3H,1H3. The minimum Gasteiger partial charge on any atom is -0.331 e. The van der Waals surface area contributed by atoms with Gasteiger partial charge in [-0.25, -0.2) is 0 Å². The summed E-state index contributed by atoms with van der Waals surface area (Å²) in [6.45, 7) is 0. The number of carbonyl (C=O) groups is 2. The first kappa shape index (κ1) is 9.29. The largest absolute Gasteiger partial charge is 0.331 e. The van der Waals surface area contributed by atoms with Crippen LogP contribution in [0.15, 0.2) is 0 Å². The third-order valence-corrected chi connectivity index (χ3v) is 2.42. The van der Waals surface area contributed by atoms with Crippen molar-refractivity contribution in [3.05, 3.63) is 21.4 Å². The second-order valence-corrected chi connectivity index (χ2v) is 2.93. The maximum Gasteiger partial charge on any atom is 0.168 e. The first-order chi connectivity index (χ1) is 5.63. The van der Waals surface area contributed by atoms with Gasteiger partial charge in [-0.05, 0) is 0 Å². The Balaban J connectivity index is 3.52. The molecule has 0 spiro atoms. The number of halogens is 2. The molecule has 0 aliphatic carbocycles. The van der Waals surface area contributed by atoms with Crippen LogP contribution in [0.5, 0.6) is 0 Å². The van der Waals surface area contributed by atoms with Crippen molar-refractivity contribution in [2.75, 3.05) is 0 Å². The molecule has 0 saturated carbocycles. The molecule has 0 aliphatic heterocycles. The molecule has 0 atom stereocenters. The van der Waals surface area contributed by atoms with Crippen molar-refractivity contribution < 1.29 is 9.59 Å². The topological polar surface area (TPSA) is 39.1 Å². The highest BCUT2D eigenvalue weighted by Gasteiger charge is 2.16. The van der Waals surface area contributed by atoms with Crippen LogP contribution in [0.4, 0.5) is 0 Å². The Bertz CT molecular complexity index is 312. The minimum absolute atomic E-state index is 0.104. The van der Waals surface area contributed by atoms with E-state index in [1.165, 1.54) is 4.57 Å². The Labute approximate surface area is 78.9 Å². The van der Waals surface area contributed by atoms with Gasteiger partial charge in [-0.3, -0.25) is 9.59 Å². The molecule has 0 aliphatic rings. The predicted molar refractivity (Wildman–Crippen MR) is 46.2 cm³/mol. The van der Waals surface area contributed by atoms with Crippen LogP contribution in [0.25, 0.3) is 0 Å². The van der Waals surface area contributed by atoms with Crippen molar-refractivity contribution in [1.29, 1.82) is 0 Å². The number of aldehydes is 2. The number of hydrogen-bond acceptors (Lipinski definition) is 2. The van der Waals surface area contributed by atoms with E-state index in [0.717, 1.165) is 0 Å². The van der Waals surface area contributed by atoms with Crippen molar-refractivity contribution >= 4 is 35.8 Å². The van der Waals surface area contributed by atoms with Crippen LogP contribution in [-0.4, -0.2) is 17.1 Å². The fourth-order valence-corrected chi connectivity index (χ4v) is 1.48. The van der Waals surface area contributed by atoms with Gasteiger partial charge in [-0.2, -0.15) is 0 Å². The first-order valence-corrected chi connectivity index (χ1v) is 3.83. The Morgan fingerprint density at radius 2 is 1.83 bits per heavy atom. The maximum atomic E-state index is 10.4. The highest BCUT2D eigenvalue weighted by Crippen LogP contribution is 2.27. The number of nitrogens with zero attached hydrogens (tertiary/aromatic N) is 1. The molecule has 5 heteroatoms. The minimum atomic E-state index is 0.104. The fourth-order valence-electron chi connectivity index (χ4n) is 0.893.